The lowest BCUT2D eigenvalue weighted by atomic mass is 9.86. The Bertz CT molecular complexity index is 892. The zero-order valence-electron chi connectivity index (χ0n) is 18.2. The first-order chi connectivity index (χ1) is 14.4. The van der Waals surface area contributed by atoms with Gasteiger partial charge in [0.2, 0.25) is 0 Å². The minimum Gasteiger partial charge on any atom is -0.469 e. The van der Waals surface area contributed by atoms with E-state index in [1.54, 1.807) is 12.1 Å². The van der Waals surface area contributed by atoms with Gasteiger partial charge < -0.3 is 9.64 Å². The van der Waals surface area contributed by atoms with Crippen molar-refractivity contribution >= 4 is 11.7 Å². The summed E-state index contributed by atoms with van der Waals surface area (Å²) in [6.07, 6.45) is 1.75. The maximum atomic E-state index is 13.5. The van der Waals surface area contributed by atoms with Gasteiger partial charge in [-0.3, -0.25) is 9.69 Å². The molecule has 2 fully saturated rings. The zero-order chi connectivity index (χ0) is 21.3. The molecular weight excluding hydrogens is 379 g/mol. The van der Waals surface area contributed by atoms with Crippen LogP contribution >= 0.6 is 0 Å². The molecule has 0 atom stereocenters. The maximum absolute atomic E-state index is 13.5. The Morgan fingerprint density at radius 3 is 2.37 bits per heavy atom. The molecule has 0 aliphatic carbocycles. The van der Waals surface area contributed by atoms with E-state index in [-0.39, 0.29) is 17.7 Å². The van der Waals surface area contributed by atoms with Gasteiger partial charge in [-0.2, -0.15) is 0 Å². The van der Waals surface area contributed by atoms with Crippen molar-refractivity contribution in [3.63, 3.8) is 0 Å². The SMILES string of the molecule is COC(=O)C1CCN(Cc2c(C)cc(C3CN(c4cccc(F)c4)C3)cc2C)CC1. The number of hydrogen-bond acceptors (Lipinski definition) is 4. The summed E-state index contributed by atoms with van der Waals surface area (Å²) < 4.78 is 18.4. The van der Waals surface area contributed by atoms with Crippen LogP contribution in [-0.2, 0) is 16.1 Å². The third-order valence-corrected chi connectivity index (χ3v) is 6.75. The van der Waals surface area contributed by atoms with E-state index in [1.165, 1.54) is 35.4 Å². The highest BCUT2D eigenvalue weighted by atomic mass is 19.1. The van der Waals surface area contributed by atoms with Gasteiger partial charge >= 0.3 is 5.97 Å². The molecule has 0 aromatic heterocycles. The number of hydrogen-bond donors (Lipinski definition) is 0. The molecule has 0 unspecified atom stereocenters. The summed E-state index contributed by atoms with van der Waals surface area (Å²) in [5.74, 6) is 0.299. The minimum absolute atomic E-state index is 0.0514. The quantitative estimate of drug-likeness (QED) is 0.683. The van der Waals surface area contributed by atoms with Crippen LogP contribution in [0.15, 0.2) is 36.4 Å². The average molecular weight is 411 g/mol. The fourth-order valence-electron chi connectivity index (χ4n) is 4.80. The molecule has 4 rings (SSSR count). The Morgan fingerprint density at radius 1 is 1.10 bits per heavy atom. The third-order valence-electron chi connectivity index (χ3n) is 6.75. The highest BCUT2D eigenvalue weighted by Gasteiger charge is 2.30. The molecule has 30 heavy (non-hydrogen) atoms. The number of piperidine rings is 1. The van der Waals surface area contributed by atoms with Crippen LogP contribution in [0.2, 0.25) is 0 Å². The van der Waals surface area contributed by atoms with Gasteiger partial charge in [0.25, 0.3) is 0 Å². The van der Waals surface area contributed by atoms with E-state index in [0.717, 1.165) is 51.3 Å². The highest BCUT2D eigenvalue weighted by Crippen LogP contribution is 2.34. The highest BCUT2D eigenvalue weighted by molar-refractivity contribution is 5.72. The Balaban J connectivity index is 1.37. The average Bonchev–Trinajstić information content (AvgIpc) is 2.69. The molecule has 0 saturated carbocycles. The van der Waals surface area contributed by atoms with Crippen LogP contribution in [0.25, 0.3) is 0 Å². The molecular formula is C25H31FN2O2. The van der Waals surface area contributed by atoms with E-state index in [4.69, 9.17) is 4.74 Å². The first-order valence-electron chi connectivity index (χ1n) is 10.9. The fraction of sp³-hybridized carbons (Fsp3) is 0.480. The number of aryl methyl sites for hydroxylation is 2. The molecule has 5 heteroatoms. The van der Waals surface area contributed by atoms with Crippen molar-refractivity contribution in [1.29, 1.82) is 0 Å². The lowest BCUT2D eigenvalue weighted by Gasteiger charge is -2.42. The van der Waals surface area contributed by atoms with Gasteiger partial charge in [-0.25, -0.2) is 4.39 Å². The molecule has 4 nitrogen and oxygen atoms in total. The summed E-state index contributed by atoms with van der Waals surface area (Å²) in [6, 6.07) is 11.5. The smallest absolute Gasteiger partial charge is 0.308 e. The Kier molecular flexibility index (Phi) is 6.09. The number of likely N-dealkylation sites (tertiary alicyclic amines) is 1. The molecule has 2 aromatic carbocycles. The van der Waals surface area contributed by atoms with E-state index in [1.807, 2.05) is 6.07 Å². The monoisotopic (exact) mass is 410 g/mol. The second kappa shape index (κ2) is 8.76. The topological polar surface area (TPSA) is 32.8 Å². The maximum Gasteiger partial charge on any atom is 0.308 e. The summed E-state index contributed by atoms with van der Waals surface area (Å²) in [5, 5.41) is 0. The second-order valence-electron chi connectivity index (χ2n) is 8.79. The number of rotatable bonds is 5. The van der Waals surface area contributed by atoms with E-state index in [9.17, 15) is 9.18 Å². The number of esters is 1. The predicted molar refractivity (Wildman–Crippen MR) is 117 cm³/mol. The van der Waals surface area contributed by atoms with E-state index in [2.05, 4.69) is 35.8 Å². The molecule has 2 aromatic rings. The van der Waals surface area contributed by atoms with Gasteiger partial charge in [-0.05, 0) is 80.2 Å². The largest absolute Gasteiger partial charge is 0.469 e. The van der Waals surface area contributed by atoms with Crippen molar-refractivity contribution in [1.82, 2.24) is 4.90 Å². The number of anilines is 1. The van der Waals surface area contributed by atoms with Crippen molar-refractivity contribution in [3.05, 3.63) is 64.5 Å². The number of nitrogens with zero attached hydrogens (tertiary/aromatic N) is 2. The Labute approximate surface area is 178 Å². The molecule has 0 bridgehead atoms. The van der Waals surface area contributed by atoms with Gasteiger partial charge in [0.15, 0.2) is 0 Å². The van der Waals surface area contributed by atoms with Crippen molar-refractivity contribution in [2.45, 2.75) is 39.2 Å². The van der Waals surface area contributed by atoms with Crippen molar-refractivity contribution in [3.8, 4) is 0 Å². The predicted octanol–water partition coefficient (Wildman–Crippen LogP) is 4.43. The summed E-state index contributed by atoms with van der Waals surface area (Å²) in [6.45, 7) is 9.08. The van der Waals surface area contributed by atoms with Crippen molar-refractivity contribution < 1.29 is 13.9 Å². The fourth-order valence-corrected chi connectivity index (χ4v) is 4.80. The van der Waals surface area contributed by atoms with Crippen LogP contribution in [-0.4, -0.2) is 44.2 Å². The van der Waals surface area contributed by atoms with Crippen LogP contribution in [0.1, 0.15) is 41.0 Å². The molecule has 160 valence electrons. The minimum atomic E-state index is -0.178. The number of carbonyl (C=O) groups excluding carboxylic acids is 1. The molecule has 0 radical (unpaired) electrons. The summed E-state index contributed by atoms with van der Waals surface area (Å²) in [5.41, 5.74) is 6.42. The summed E-state index contributed by atoms with van der Waals surface area (Å²) in [7, 11) is 1.47. The van der Waals surface area contributed by atoms with Gasteiger partial charge in [0.1, 0.15) is 5.82 Å². The van der Waals surface area contributed by atoms with E-state index >= 15 is 0 Å². The second-order valence-corrected chi connectivity index (χ2v) is 8.79. The number of benzene rings is 2. The normalized spacial score (nSPS) is 18.3. The molecule has 0 amide bonds. The van der Waals surface area contributed by atoms with Gasteiger partial charge in [-0.15, -0.1) is 0 Å². The Hall–Kier alpha value is -2.40. The van der Waals surface area contributed by atoms with Crippen LogP contribution in [0, 0.1) is 25.6 Å². The van der Waals surface area contributed by atoms with E-state index in [0.29, 0.717) is 5.92 Å². The number of methoxy groups -OCH3 is 1. The number of halogens is 1. The van der Waals surface area contributed by atoms with Gasteiger partial charge in [0, 0.05) is 31.2 Å². The lowest BCUT2D eigenvalue weighted by Crippen LogP contribution is -2.45. The molecule has 2 aliphatic heterocycles. The first-order valence-corrected chi connectivity index (χ1v) is 10.9. The molecule has 2 saturated heterocycles. The third kappa shape index (κ3) is 4.36. The summed E-state index contributed by atoms with van der Waals surface area (Å²) in [4.78, 5) is 16.4. The van der Waals surface area contributed by atoms with Crippen molar-refractivity contribution in [2.75, 3.05) is 38.2 Å². The summed E-state index contributed by atoms with van der Waals surface area (Å²) >= 11 is 0. The molecule has 2 aliphatic rings. The standard InChI is InChI=1S/C25H31FN2O2/c1-17-11-20(21-14-28(15-21)23-6-4-5-22(26)13-23)12-18(2)24(17)16-27-9-7-19(8-10-27)25(29)30-3/h4-6,11-13,19,21H,7-10,14-16H2,1-3H3. The van der Waals surface area contributed by atoms with Crippen LogP contribution in [0.4, 0.5) is 10.1 Å². The van der Waals surface area contributed by atoms with Gasteiger partial charge in [0.05, 0.1) is 13.0 Å². The van der Waals surface area contributed by atoms with Crippen LogP contribution in [0.5, 0.6) is 0 Å². The Morgan fingerprint density at radius 2 is 1.77 bits per heavy atom. The first kappa shape index (κ1) is 20.9. The number of ether oxygens (including phenoxy) is 1. The zero-order valence-corrected chi connectivity index (χ0v) is 18.2. The number of carbonyl (C=O) groups is 1. The van der Waals surface area contributed by atoms with Crippen molar-refractivity contribution in [2.24, 2.45) is 5.92 Å². The van der Waals surface area contributed by atoms with Crippen LogP contribution < -0.4 is 4.90 Å². The van der Waals surface area contributed by atoms with Crippen LogP contribution in [0.3, 0.4) is 0 Å². The lowest BCUT2D eigenvalue weighted by molar-refractivity contribution is -0.147. The van der Waals surface area contributed by atoms with Gasteiger partial charge in [-0.1, -0.05) is 18.2 Å². The van der Waals surface area contributed by atoms with E-state index < -0.39 is 0 Å². The molecule has 2 heterocycles. The molecule has 0 N–H and O–H groups in total. The molecule has 0 spiro atoms.